The second-order valence-corrected chi connectivity index (χ2v) is 6.42. The number of pyridine rings is 1. The van der Waals surface area contributed by atoms with Gasteiger partial charge in [0.25, 0.3) is 5.89 Å². The highest BCUT2D eigenvalue weighted by atomic mass is 16.5. The first-order valence-electron chi connectivity index (χ1n) is 8.84. The molecule has 1 N–H and O–H groups in total. The summed E-state index contributed by atoms with van der Waals surface area (Å²) in [7, 11) is 0. The molecule has 3 rings (SSSR count). The maximum Gasteiger partial charge on any atom is 0.259 e. The third-order valence-corrected chi connectivity index (χ3v) is 3.82. The molecule has 0 saturated heterocycles. The number of aryl methyl sites for hydroxylation is 1. The molecule has 0 amide bonds. The van der Waals surface area contributed by atoms with E-state index in [1.165, 1.54) is 5.56 Å². The Kier molecular flexibility index (Phi) is 5.96. The highest BCUT2D eigenvalue weighted by molar-refractivity contribution is 5.60. The molecule has 0 aliphatic rings. The fourth-order valence-corrected chi connectivity index (χ4v) is 2.39. The van der Waals surface area contributed by atoms with Gasteiger partial charge < -0.3 is 14.6 Å². The van der Waals surface area contributed by atoms with Crippen molar-refractivity contribution >= 4 is 5.82 Å². The highest BCUT2D eigenvalue weighted by Gasteiger charge is 2.11. The maximum absolute atomic E-state index is 5.51. The van der Waals surface area contributed by atoms with Gasteiger partial charge in [0.15, 0.2) is 0 Å². The van der Waals surface area contributed by atoms with Crippen LogP contribution in [0.15, 0.2) is 47.1 Å². The summed E-state index contributed by atoms with van der Waals surface area (Å²) in [6.45, 7) is 7.68. The lowest BCUT2D eigenvalue weighted by molar-refractivity contribution is 0.0787. The van der Waals surface area contributed by atoms with Gasteiger partial charge in [0.1, 0.15) is 5.82 Å². The molecule has 0 atom stereocenters. The molecule has 3 aromatic rings. The van der Waals surface area contributed by atoms with Gasteiger partial charge in [-0.25, -0.2) is 4.98 Å². The molecule has 0 aliphatic carbocycles. The molecule has 0 bridgehead atoms. The number of hydrogen-bond acceptors (Lipinski definition) is 6. The summed E-state index contributed by atoms with van der Waals surface area (Å²) in [5.74, 6) is 1.86. The zero-order valence-corrected chi connectivity index (χ0v) is 15.4. The Labute approximate surface area is 153 Å². The number of rotatable bonds is 8. The van der Waals surface area contributed by atoms with E-state index in [1.807, 2.05) is 57.2 Å². The predicted octanol–water partition coefficient (Wildman–Crippen LogP) is 4.33. The number of hydrogen-bond donors (Lipinski definition) is 1. The van der Waals surface area contributed by atoms with Gasteiger partial charge >= 0.3 is 0 Å². The Morgan fingerprint density at radius 2 is 1.85 bits per heavy atom. The Morgan fingerprint density at radius 1 is 1.08 bits per heavy atom. The Bertz CT molecular complexity index is 811. The van der Waals surface area contributed by atoms with Gasteiger partial charge in [0.05, 0.1) is 11.7 Å². The molecule has 0 aliphatic heterocycles. The quantitative estimate of drug-likeness (QED) is 0.608. The van der Waals surface area contributed by atoms with E-state index in [4.69, 9.17) is 9.26 Å². The van der Waals surface area contributed by atoms with Crippen molar-refractivity contribution in [1.82, 2.24) is 15.1 Å². The average Bonchev–Trinajstić information content (AvgIpc) is 3.12. The molecule has 26 heavy (non-hydrogen) atoms. The molecule has 0 radical (unpaired) electrons. The van der Waals surface area contributed by atoms with Crippen LogP contribution in [0.5, 0.6) is 0 Å². The second kappa shape index (κ2) is 8.58. The first-order valence-corrected chi connectivity index (χ1v) is 8.84. The van der Waals surface area contributed by atoms with Crippen LogP contribution in [0.2, 0.25) is 0 Å². The fraction of sp³-hybridized carbons (Fsp3) is 0.350. The van der Waals surface area contributed by atoms with Gasteiger partial charge in [-0.1, -0.05) is 35.0 Å². The lowest BCUT2D eigenvalue weighted by Crippen LogP contribution is -2.09. The first-order chi connectivity index (χ1) is 12.6. The number of nitrogens with zero attached hydrogens (tertiary/aromatic N) is 3. The molecule has 2 heterocycles. The zero-order valence-electron chi connectivity index (χ0n) is 15.4. The van der Waals surface area contributed by atoms with Crippen LogP contribution in [-0.2, 0) is 4.74 Å². The van der Waals surface area contributed by atoms with Crippen LogP contribution >= 0.6 is 0 Å². The standard InChI is InChI=1S/C20H24N4O2/c1-14(2)25-12-4-11-21-18-10-9-17(13-22-18)20-23-19(24-26-20)16-7-5-15(3)6-8-16/h5-10,13-14H,4,11-12H2,1-3H3,(H,21,22). The molecule has 2 aromatic heterocycles. The highest BCUT2D eigenvalue weighted by Crippen LogP contribution is 2.22. The summed E-state index contributed by atoms with van der Waals surface area (Å²) in [6, 6.07) is 11.9. The minimum Gasteiger partial charge on any atom is -0.379 e. The number of nitrogens with one attached hydrogen (secondary N) is 1. The van der Waals surface area contributed by atoms with Crippen molar-refractivity contribution in [2.24, 2.45) is 0 Å². The monoisotopic (exact) mass is 352 g/mol. The summed E-state index contributed by atoms with van der Waals surface area (Å²) in [6.07, 6.45) is 2.94. The van der Waals surface area contributed by atoms with Crippen LogP contribution in [0.4, 0.5) is 5.82 Å². The van der Waals surface area contributed by atoms with E-state index in [1.54, 1.807) is 6.20 Å². The van der Waals surface area contributed by atoms with Crippen LogP contribution in [0, 0.1) is 6.92 Å². The topological polar surface area (TPSA) is 73.1 Å². The van der Waals surface area contributed by atoms with Crippen molar-refractivity contribution in [3.05, 3.63) is 48.2 Å². The van der Waals surface area contributed by atoms with Crippen molar-refractivity contribution in [3.8, 4) is 22.8 Å². The predicted molar refractivity (Wildman–Crippen MR) is 102 cm³/mol. The van der Waals surface area contributed by atoms with Crippen molar-refractivity contribution in [1.29, 1.82) is 0 Å². The molecular weight excluding hydrogens is 328 g/mol. The third kappa shape index (κ3) is 4.89. The molecule has 0 unspecified atom stereocenters. The van der Waals surface area contributed by atoms with E-state index in [0.717, 1.165) is 36.5 Å². The first kappa shape index (κ1) is 18.1. The van der Waals surface area contributed by atoms with Gasteiger partial charge in [-0.2, -0.15) is 4.98 Å². The van der Waals surface area contributed by atoms with Gasteiger partial charge in [-0.05, 0) is 39.3 Å². The lowest BCUT2D eigenvalue weighted by Gasteiger charge is -2.08. The minimum absolute atomic E-state index is 0.270. The van der Waals surface area contributed by atoms with Crippen LogP contribution in [0.1, 0.15) is 25.8 Å². The molecule has 136 valence electrons. The average molecular weight is 352 g/mol. The van der Waals surface area contributed by atoms with E-state index < -0.39 is 0 Å². The number of aromatic nitrogens is 3. The van der Waals surface area contributed by atoms with Crippen LogP contribution in [-0.4, -0.2) is 34.4 Å². The number of benzene rings is 1. The van der Waals surface area contributed by atoms with Crippen molar-refractivity contribution in [2.75, 3.05) is 18.5 Å². The molecule has 6 nitrogen and oxygen atoms in total. The fourth-order valence-electron chi connectivity index (χ4n) is 2.39. The SMILES string of the molecule is Cc1ccc(-c2noc(-c3ccc(NCCCOC(C)C)nc3)n2)cc1. The molecule has 6 heteroatoms. The Morgan fingerprint density at radius 3 is 2.54 bits per heavy atom. The number of ether oxygens (including phenoxy) is 1. The van der Waals surface area contributed by atoms with Gasteiger partial charge in [-0.3, -0.25) is 0 Å². The van der Waals surface area contributed by atoms with Crippen LogP contribution in [0.3, 0.4) is 0 Å². The normalized spacial score (nSPS) is 11.1. The van der Waals surface area contributed by atoms with Gasteiger partial charge in [0.2, 0.25) is 5.82 Å². The summed E-state index contributed by atoms with van der Waals surface area (Å²) < 4.78 is 10.9. The van der Waals surface area contributed by atoms with E-state index in [2.05, 4.69) is 20.4 Å². The molecule has 0 fully saturated rings. The largest absolute Gasteiger partial charge is 0.379 e. The zero-order chi connectivity index (χ0) is 18.4. The van der Waals surface area contributed by atoms with E-state index in [-0.39, 0.29) is 6.10 Å². The number of anilines is 1. The van der Waals surface area contributed by atoms with Crippen molar-refractivity contribution in [3.63, 3.8) is 0 Å². The summed E-state index contributed by atoms with van der Waals surface area (Å²) in [5, 5.41) is 7.33. The minimum atomic E-state index is 0.270. The maximum atomic E-state index is 5.51. The summed E-state index contributed by atoms with van der Waals surface area (Å²) in [4.78, 5) is 8.86. The Hall–Kier alpha value is -2.73. The van der Waals surface area contributed by atoms with E-state index in [0.29, 0.717) is 11.7 Å². The molecule has 1 aromatic carbocycles. The molecule has 0 saturated carbocycles. The summed E-state index contributed by atoms with van der Waals surface area (Å²) in [5.41, 5.74) is 2.92. The van der Waals surface area contributed by atoms with Crippen molar-refractivity contribution in [2.45, 2.75) is 33.3 Å². The van der Waals surface area contributed by atoms with Crippen LogP contribution < -0.4 is 5.32 Å². The van der Waals surface area contributed by atoms with Crippen molar-refractivity contribution < 1.29 is 9.26 Å². The van der Waals surface area contributed by atoms with E-state index >= 15 is 0 Å². The Balaban J connectivity index is 1.58. The molecule has 0 spiro atoms. The lowest BCUT2D eigenvalue weighted by atomic mass is 10.1. The second-order valence-electron chi connectivity index (χ2n) is 6.42. The third-order valence-electron chi connectivity index (χ3n) is 3.82. The smallest absolute Gasteiger partial charge is 0.259 e. The molecular formula is C20H24N4O2. The van der Waals surface area contributed by atoms with Crippen LogP contribution in [0.25, 0.3) is 22.8 Å². The van der Waals surface area contributed by atoms with E-state index in [9.17, 15) is 0 Å². The van der Waals surface area contributed by atoms with Gasteiger partial charge in [0, 0.05) is 24.9 Å². The van der Waals surface area contributed by atoms with Gasteiger partial charge in [-0.15, -0.1) is 0 Å². The summed E-state index contributed by atoms with van der Waals surface area (Å²) >= 11 is 0.